The summed E-state index contributed by atoms with van der Waals surface area (Å²) < 4.78 is -0.00347. The molecule has 0 aliphatic rings. The first-order valence-electron chi connectivity index (χ1n) is 5.94. The van der Waals surface area contributed by atoms with Crippen molar-refractivity contribution in [3.05, 3.63) is 60.2 Å². The number of halogens is 2. The van der Waals surface area contributed by atoms with Gasteiger partial charge in [-0.05, 0) is 18.1 Å². The Bertz CT molecular complexity index is 688. The summed E-state index contributed by atoms with van der Waals surface area (Å²) >= 11 is 12.6. The predicted octanol–water partition coefficient (Wildman–Crippen LogP) is 3.94. The van der Waals surface area contributed by atoms with Crippen molar-refractivity contribution in [1.29, 1.82) is 0 Å². The number of carbonyl (C=O) groups is 1. The molecule has 0 radical (unpaired) electrons. The molecule has 2 rings (SSSR count). The van der Waals surface area contributed by atoms with E-state index in [1.807, 2.05) is 18.2 Å². The Kier molecular flexibility index (Phi) is 5.17. The van der Waals surface area contributed by atoms with E-state index in [1.54, 1.807) is 6.07 Å². The van der Waals surface area contributed by atoms with E-state index in [-0.39, 0.29) is 20.8 Å². The van der Waals surface area contributed by atoms with Crippen LogP contribution in [0.5, 0.6) is 0 Å². The number of thiophene rings is 1. The molecule has 1 N–H and O–H groups in total. The fourth-order valence-electron chi connectivity index (χ4n) is 1.69. The molecule has 110 valence electrons. The average Bonchev–Trinajstić information content (AvgIpc) is 2.83. The Hall–Kier alpha value is -1.63. The highest BCUT2D eigenvalue weighted by Crippen LogP contribution is 2.33. The molecule has 0 atom stereocenters. The highest BCUT2D eigenvalue weighted by molar-refractivity contribution is 7.18. The maximum Gasteiger partial charge on any atom is 0.299 e. The van der Waals surface area contributed by atoms with Gasteiger partial charge in [-0.15, -0.1) is 11.3 Å². The van der Waals surface area contributed by atoms with E-state index >= 15 is 0 Å². The minimum absolute atomic E-state index is 0.00347. The van der Waals surface area contributed by atoms with Crippen molar-refractivity contribution in [3.63, 3.8) is 0 Å². The van der Waals surface area contributed by atoms with Crippen LogP contribution in [0.4, 0.5) is 5.69 Å². The quantitative estimate of drug-likeness (QED) is 0.659. The van der Waals surface area contributed by atoms with Crippen LogP contribution in [0.25, 0.3) is 0 Å². The van der Waals surface area contributed by atoms with Gasteiger partial charge >= 0.3 is 0 Å². The van der Waals surface area contributed by atoms with Gasteiger partial charge in [-0.25, -0.2) is 0 Å². The lowest BCUT2D eigenvalue weighted by Gasteiger charge is -2.05. The number of nitrogens with zero attached hydrogens (tertiary/aromatic N) is 1. The summed E-state index contributed by atoms with van der Waals surface area (Å²) in [5, 5.41) is 14.0. The van der Waals surface area contributed by atoms with Gasteiger partial charge in [-0.3, -0.25) is 14.9 Å². The second-order valence-electron chi connectivity index (χ2n) is 4.12. The lowest BCUT2D eigenvalue weighted by atomic mass is 10.1. The smallest absolute Gasteiger partial charge is 0.299 e. The van der Waals surface area contributed by atoms with E-state index in [4.69, 9.17) is 23.2 Å². The summed E-state index contributed by atoms with van der Waals surface area (Å²) in [4.78, 5) is 22.2. The summed E-state index contributed by atoms with van der Waals surface area (Å²) in [5.41, 5.74) is 0.674. The van der Waals surface area contributed by atoms with E-state index in [0.29, 0.717) is 18.0 Å². The molecule has 5 nitrogen and oxygen atoms in total. The van der Waals surface area contributed by atoms with Gasteiger partial charge in [-0.1, -0.05) is 41.4 Å². The van der Waals surface area contributed by atoms with Gasteiger partial charge in [-0.2, -0.15) is 0 Å². The minimum atomic E-state index is -0.612. The van der Waals surface area contributed by atoms with Gasteiger partial charge in [0, 0.05) is 17.6 Å². The van der Waals surface area contributed by atoms with E-state index in [1.165, 1.54) is 6.07 Å². The number of amides is 1. The molecule has 1 aromatic heterocycles. The molecule has 0 bridgehead atoms. The number of nitrogens with one attached hydrogen (secondary N) is 1. The van der Waals surface area contributed by atoms with Gasteiger partial charge in [0.15, 0.2) is 4.34 Å². The molecule has 0 fully saturated rings. The molecule has 21 heavy (non-hydrogen) atoms. The summed E-state index contributed by atoms with van der Waals surface area (Å²) in [7, 11) is 0. The largest absolute Gasteiger partial charge is 0.351 e. The van der Waals surface area contributed by atoms with Gasteiger partial charge < -0.3 is 5.32 Å². The Morgan fingerprint density at radius 2 is 2.05 bits per heavy atom. The lowest BCUT2D eigenvalue weighted by Crippen LogP contribution is -2.24. The zero-order valence-electron chi connectivity index (χ0n) is 10.6. The van der Waals surface area contributed by atoms with Crippen LogP contribution in [-0.4, -0.2) is 17.4 Å². The van der Waals surface area contributed by atoms with Gasteiger partial charge in [0.2, 0.25) is 0 Å². The van der Waals surface area contributed by atoms with Gasteiger partial charge in [0.05, 0.1) is 4.92 Å². The first-order chi connectivity index (χ1) is 9.99. The molecule has 1 aromatic carbocycles. The highest BCUT2D eigenvalue weighted by Gasteiger charge is 2.20. The molecule has 0 saturated carbocycles. The first kappa shape index (κ1) is 15.8. The zero-order chi connectivity index (χ0) is 15.4. The normalized spacial score (nSPS) is 10.4. The van der Waals surface area contributed by atoms with E-state index in [2.05, 4.69) is 5.32 Å². The predicted molar refractivity (Wildman–Crippen MR) is 83.5 cm³/mol. The van der Waals surface area contributed by atoms with Crippen LogP contribution in [-0.2, 0) is 6.42 Å². The maximum atomic E-state index is 11.9. The van der Waals surface area contributed by atoms with E-state index in [0.717, 1.165) is 16.9 Å². The summed E-state index contributed by atoms with van der Waals surface area (Å²) in [6.45, 7) is 0.381. The molecular weight excluding hydrogens is 335 g/mol. The standard InChI is InChI=1S/C13H10Cl2N2O3S/c14-9-4-2-1-3-8(9)5-6-16-13(18)11-7-10(17(19)20)12(15)21-11/h1-4,7H,5-6H2,(H,16,18). The van der Waals surface area contributed by atoms with Crippen molar-refractivity contribution in [2.24, 2.45) is 0 Å². The van der Waals surface area contributed by atoms with Crippen LogP contribution in [0.2, 0.25) is 9.36 Å². The fourth-order valence-corrected chi connectivity index (χ4v) is 3.06. The lowest BCUT2D eigenvalue weighted by molar-refractivity contribution is -0.384. The van der Waals surface area contributed by atoms with Crippen molar-refractivity contribution in [2.45, 2.75) is 6.42 Å². The topological polar surface area (TPSA) is 72.2 Å². The van der Waals surface area contributed by atoms with E-state index < -0.39 is 4.92 Å². The third-order valence-electron chi connectivity index (χ3n) is 2.73. The third kappa shape index (κ3) is 3.93. The second-order valence-corrected chi connectivity index (χ2v) is 6.19. The number of hydrogen-bond acceptors (Lipinski definition) is 4. The van der Waals surface area contributed by atoms with Crippen molar-refractivity contribution in [2.75, 3.05) is 6.54 Å². The summed E-state index contributed by atoms with van der Waals surface area (Å²) in [6.07, 6.45) is 0.576. The Morgan fingerprint density at radius 1 is 1.33 bits per heavy atom. The Labute approximate surface area is 134 Å². The Morgan fingerprint density at radius 3 is 2.67 bits per heavy atom. The van der Waals surface area contributed by atoms with Crippen molar-refractivity contribution in [3.8, 4) is 0 Å². The number of hydrogen-bond donors (Lipinski definition) is 1. The van der Waals surface area contributed by atoms with Crippen LogP contribution in [0.15, 0.2) is 30.3 Å². The molecule has 2 aromatic rings. The molecule has 8 heteroatoms. The molecule has 1 amide bonds. The average molecular weight is 345 g/mol. The highest BCUT2D eigenvalue weighted by atomic mass is 35.5. The maximum absolute atomic E-state index is 11.9. The minimum Gasteiger partial charge on any atom is -0.351 e. The van der Waals surface area contributed by atoms with Crippen LogP contribution in [0, 0.1) is 10.1 Å². The van der Waals surface area contributed by atoms with Crippen LogP contribution < -0.4 is 5.32 Å². The van der Waals surface area contributed by atoms with Gasteiger partial charge in [0.1, 0.15) is 4.88 Å². The van der Waals surface area contributed by atoms with Crippen LogP contribution >= 0.6 is 34.5 Å². The molecule has 0 saturated heterocycles. The molecule has 0 aliphatic carbocycles. The van der Waals surface area contributed by atoms with Crippen molar-refractivity contribution >= 4 is 46.1 Å². The number of nitro groups is 1. The number of benzene rings is 1. The first-order valence-corrected chi connectivity index (χ1v) is 7.51. The molecule has 0 aliphatic heterocycles. The van der Waals surface area contributed by atoms with Crippen LogP contribution in [0.1, 0.15) is 15.2 Å². The van der Waals surface area contributed by atoms with Crippen molar-refractivity contribution < 1.29 is 9.72 Å². The molecular formula is C13H10Cl2N2O3S. The van der Waals surface area contributed by atoms with Crippen molar-refractivity contribution in [1.82, 2.24) is 5.32 Å². The molecule has 0 spiro atoms. The van der Waals surface area contributed by atoms with Crippen LogP contribution in [0.3, 0.4) is 0 Å². The summed E-state index contributed by atoms with van der Waals surface area (Å²) in [6, 6.07) is 8.53. The monoisotopic (exact) mass is 344 g/mol. The third-order valence-corrected chi connectivity index (χ3v) is 4.43. The second kappa shape index (κ2) is 6.89. The molecule has 1 heterocycles. The van der Waals surface area contributed by atoms with E-state index in [9.17, 15) is 14.9 Å². The Balaban J connectivity index is 1.95. The number of carbonyl (C=O) groups excluding carboxylic acids is 1. The SMILES string of the molecule is O=C(NCCc1ccccc1Cl)c1cc([N+](=O)[O-])c(Cl)s1. The number of rotatable bonds is 5. The molecule has 0 unspecified atom stereocenters. The zero-order valence-corrected chi connectivity index (χ0v) is 13.0. The fraction of sp³-hybridized carbons (Fsp3) is 0.154. The van der Waals surface area contributed by atoms with Gasteiger partial charge in [0.25, 0.3) is 11.6 Å². The summed E-state index contributed by atoms with van der Waals surface area (Å²) in [5.74, 6) is -0.387.